The third-order valence-corrected chi connectivity index (χ3v) is 4.11. The maximum Gasteiger partial charge on any atom is 0.181 e. The van der Waals surface area contributed by atoms with E-state index in [9.17, 15) is 0 Å². The first-order valence-corrected chi connectivity index (χ1v) is 6.69. The molecule has 0 radical (unpaired) electrons. The van der Waals surface area contributed by atoms with Gasteiger partial charge in [0.25, 0.3) is 0 Å². The molecular weight excluding hydrogens is 258 g/mol. The van der Waals surface area contributed by atoms with E-state index in [4.69, 9.17) is 9.68 Å². The first-order chi connectivity index (χ1) is 9.10. The number of nitrogens with zero attached hydrogens (tertiary/aromatic N) is 3. The largest absolute Gasteiger partial charge is 0.443 e. The van der Waals surface area contributed by atoms with E-state index in [0.29, 0.717) is 0 Å². The van der Waals surface area contributed by atoms with Gasteiger partial charge in [-0.05, 0) is 26.0 Å². The van der Waals surface area contributed by atoms with E-state index in [0.717, 1.165) is 27.4 Å². The summed E-state index contributed by atoms with van der Waals surface area (Å²) in [5.74, 6) is 0. The van der Waals surface area contributed by atoms with Crippen LogP contribution in [0.25, 0.3) is 22.4 Å². The smallest absolute Gasteiger partial charge is 0.181 e. The number of nitriles is 1. The molecular formula is C14H11N3OS. The summed E-state index contributed by atoms with van der Waals surface area (Å²) in [5.41, 5.74) is 2.85. The number of aromatic nitrogens is 2. The van der Waals surface area contributed by atoms with Crippen LogP contribution in [0.15, 0.2) is 34.4 Å². The summed E-state index contributed by atoms with van der Waals surface area (Å²) in [7, 11) is 0. The molecule has 3 rings (SSSR count). The van der Waals surface area contributed by atoms with E-state index in [1.54, 1.807) is 0 Å². The zero-order valence-electron chi connectivity index (χ0n) is 10.5. The van der Waals surface area contributed by atoms with Crippen molar-refractivity contribution in [3.05, 3.63) is 35.0 Å². The molecule has 4 nitrogen and oxygen atoms in total. The molecule has 2 aromatic heterocycles. The third-order valence-electron chi connectivity index (χ3n) is 2.95. The molecule has 0 amide bonds. The lowest BCUT2D eigenvalue weighted by Gasteiger charge is -2.09. The van der Waals surface area contributed by atoms with Gasteiger partial charge in [0, 0.05) is 10.9 Å². The van der Waals surface area contributed by atoms with Gasteiger partial charge in [-0.15, -0.1) is 11.3 Å². The van der Waals surface area contributed by atoms with Crippen molar-refractivity contribution in [1.82, 2.24) is 9.97 Å². The van der Waals surface area contributed by atoms with E-state index in [2.05, 4.69) is 16.0 Å². The fourth-order valence-corrected chi connectivity index (χ4v) is 2.66. The van der Waals surface area contributed by atoms with Gasteiger partial charge in [0.05, 0.1) is 11.8 Å². The lowest BCUT2D eigenvalue weighted by Crippen LogP contribution is -2.13. The molecule has 5 heteroatoms. The Morgan fingerprint density at radius 3 is 3.00 bits per heavy atom. The minimum Gasteiger partial charge on any atom is -0.443 e. The molecule has 0 bridgehead atoms. The molecule has 0 aliphatic rings. The maximum atomic E-state index is 9.13. The van der Waals surface area contributed by atoms with Gasteiger partial charge in [-0.25, -0.2) is 9.97 Å². The van der Waals surface area contributed by atoms with Crippen LogP contribution in [0.1, 0.15) is 18.9 Å². The Morgan fingerprint density at radius 1 is 1.37 bits per heavy atom. The van der Waals surface area contributed by atoms with Gasteiger partial charge >= 0.3 is 0 Å². The van der Waals surface area contributed by atoms with Crippen LogP contribution in [0.3, 0.4) is 0 Å². The van der Waals surface area contributed by atoms with Crippen LogP contribution in [-0.2, 0) is 5.41 Å². The topological polar surface area (TPSA) is 62.7 Å². The van der Waals surface area contributed by atoms with Crippen molar-refractivity contribution in [1.29, 1.82) is 5.26 Å². The Kier molecular flexibility index (Phi) is 2.61. The lowest BCUT2D eigenvalue weighted by atomic mass is 9.97. The quantitative estimate of drug-likeness (QED) is 0.710. The Morgan fingerprint density at radius 2 is 2.21 bits per heavy atom. The molecule has 0 N–H and O–H groups in total. The number of hydrogen-bond donors (Lipinski definition) is 0. The normalized spacial score (nSPS) is 11.6. The van der Waals surface area contributed by atoms with Crippen LogP contribution < -0.4 is 0 Å². The fourth-order valence-electron chi connectivity index (χ4n) is 1.76. The first kappa shape index (κ1) is 11.9. The summed E-state index contributed by atoms with van der Waals surface area (Å²) in [6.45, 7) is 3.74. The van der Waals surface area contributed by atoms with Gasteiger partial charge in [-0.2, -0.15) is 5.26 Å². The zero-order valence-corrected chi connectivity index (χ0v) is 11.4. The molecule has 2 heterocycles. The van der Waals surface area contributed by atoms with Gasteiger partial charge in [-0.1, -0.05) is 6.07 Å². The molecule has 19 heavy (non-hydrogen) atoms. The number of rotatable bonds is 2. The molecule has 0 unspecified atom stereocenters. The average molecular weight is 269 g/mol. The van der Waals surface area contributed by atoms with Crippen molar-refractivity contribution in [3.63, 3.8) is 0 Å². The standard InChI is InChI=1S/C14H11N3OS/c1-14(2,7-15)13-17-11(6-19-13)9-3-4-10-12(5-9)18-8-16-10/h3-6,8H,1-2H3. The van der Waals surface area contributed by atoms with Gasteiger partial charge in [0.2, 0.25) is 0 Å². The summed E-state index contributed by atoms with van der Waals surface area (Å²) in [4.78, 5) is 8.63. The Bertz CT molecular complexity index is 779. The van der Waals surface area contributed by atoms with E-state index in [-0.39, 0.29) is 0 Å². The fraction of sp³-hybridized carbons (Fsp3) is 0.214. The average Bonchev–Trinajstić information content (AvgIpc) is 3.06. The number of oxazole rings is 1. The van der Waals surface area contributed by atoms with Crippen LogP contribution in [0.2, 0.25) is 0 Å². The van der Waals surface area contributed by atoms with E-state index >= 15 is 0 Å². The molecule has 0 saturated heterocycles. The zero-order chi connectivity index (χ0) is 13.5. The highest BCUT2D eigenvalue weighted by Crippen LogP contribution is 2.30. The number of fused-ring (bicyclic) bond motifs is 1. The highest BCUT2D eigenvalue weighted by Gasteiger charge is 2.24. The second-order valence-electron chi connectivity index (χ2n) is 4.81. The highest BCUT2D eigenvalue weighted by atomic mass is 32.1. The molecule has 0 saturated carbocycles. The van der Waals surface area contributed by atoms with Gasteiger partial charge < -0.3 is 4.42 Å². The Hall–Kier alpha value is -2.19. The van der Waals surface area contributed by atoms with Gasteiger partial charge in [0.15, 0.2) is 12.0 Å². The first-order valence-electron chi connectivity index (χ1n) is 5.81. The van der Waals surface area contributed by atoms with Gasteiger partial charge in [0.1, 0.15) is 15.9 Å². The second kappa shape index (κ2) is 4.18. The predicted molar refractivity (Wildman–Crippen MR) is 73.8 cm³/mol. The van der Waals surface area contributed by atoms with Crippen LogP contribution >= 0.6 is 11.3 Å². The van der Waals surface area contributed by atoms with Crippen molar-refractivity contribution >= 4 is 22.4 Å². The number of benzene rings is 1. The van der Waals surface area contributed by atoms with Crippen molar-refractivity contribution in [2.24, 2.45) is 0 Å². The number of hydrogen-bond acceptors (Lipinski definition) is 5. The second-order valence-corrected chi connectivity index (χ2v) is 5.67. The molecule has 0 atom stereocenters. The maximum absolute atomic E-state index is 9.13. The van der Waals surface area contributed by atoms with Crippen molar-refractivity contribution in [3.8, 4) is 17.3 Å². The minimum atomic E-state index is -0.556. The summed E-state index contributed by atoms with van der Waals surface area (Å²) in [6.07, 6.45) is 1.43. The third kappa shape index (κ3) is 2.00. The molecule has 1 aromatic carbocycles. The monoisotopic (exact) mass is 269 g/mol. The van der Waals surface area contributed by atoms with E-state index in [1.165, 1.54) is 17.7 Å². The number of thiazole rings is 1. The van der Waals surface area contributed by atoms with Crippen molar-refractivity contribution in [2.45, 2.75) is 19.3 Å². The van der Waals surface area contributed by atoms with Gasteiger partial charge in [-0.3, -0.25) is 0 Å². The van der Waals surface area contributed by atoms with Crippen molar-refractivity contribution in [2.75, 3.05) is 0 Å². The van der Waals surface area contributed by atoms with Crippen molar-refractivity contribution < 1.29 is 4.42 Å². The molecule has 94 valence electrons. The van der Waals surface area contributed by atoms with E-state index in [1.807, 2.05) is 37.4 Å². The Balaban J connectivity index is 2.05. The molecule has 0 spiro atoms. The molecule has 3 aromatic rings. The summed E-state index contributed by atoms with van der Waals surface area (Å²) >= 11 is 1.50. The lowest BCUT2D eigenvalue weighted by molar-refractivity contribution is 0.602. The summed E-state index contributed by atoms with van der Waals surface area (Å²) in [6, 6.07) is 8.05. The highest BCUT2D eigenvalue weighted by molar-refractivity contribution is 7.10. The summed E-state index contributed by atoms with van der Waals surface area (Å²) in [5, 5.41) is 11.9. The summed E-state index contributed by atoms with van der Waals surface area (Å²) < 4.78 is 5.29. The van der Waals surface area contributed by atoms with E-state index < -0.39 is 5.41 Å². The minimum absolute atomic E-state index is 0.556. The molecule has 0 fully saturated rings. The molecule has 0 aliphatic carbocycles. The van der Waals surface area contributed by atoms with Crippen LogP contribution in [-0.4, -0.2) is 9.97 Å². The van der Waals surface area contributed by atoms with Crippen LogP contribution in [0.4, 0.5) is 0 Å². The SMILES string of the molecule is CC(C)(C#N)c1nc(-c2ccc3ncoc3c2)cs1. The Labute approximate surface area is 114 Å². The molecule has 0 aliphatic heterocycles. The predicted octanol–water partition coefficient (Wildman–Crippen LogP) is 3.75. The van der Waals surface area contributed by atoms with Crippen LogP contribution in [0.5, 0.6) is 0 Å². The van der Waals surface area contributed by atoms with Crippen LogP contribution in [0, 0.1) is 11.3 Å².